The summed E-state index contributed by atoms with van der Waals surface area (Å²) in [6.45, 7) is 1.95. The van der Waals surface area contributed by atoms with E-state index < -0.39 is 0 Å². The minimum absolute atomic E-state index is 0. The van der Waals surface area contributed by atoms with Gasteiger partial charge in [-0.2, -0.15) is 0 Å². The number of halogens is 3. The average molecular weight is 279 g/mol. The fraction of sp³-hybridized carbons (Fsp3) is 0.500. The van der Waals surface area contributed by atoms with Crippen molar-refractivity contribution < 1.29 is 4.39 Å². The van der Waals surface area contributed by atoms with Crippen LogP contribution in [0.1, 0.15) is 24.4 Å². The largest absolute Gasteiger partial charge is 0.383 e. The van der Waals surface area contributed by atoms with E-state index in [0.717, 1.165) is 30.3 Å². The maximum absolute atomic E-state index is 13.1. The molecule has 1 fully saturated rings. The molecule has 1 unspecified atom stereocenters. The van der Waals surface area contributed by atoms with Gasteiger partial charge in [0, 0.05) is 12.2 Å². The molecule has 1 saturated carbocycles. The smallest absolute Gasteiger partial charge is 0.123 e. The van der Waals surface area contributed by atoms with Crippen LogP contribution in [0, 0.1) is 11.7 Å². The molecule has 96 valence electrons. The molecule has 17 heavy (non-hydrogen) atoms. The third kappa shape index (κ3) is 3.24. The summed E-state index contributed by atoms with van der Waals surface area (Å²) in [7, 11) is 0. The molecule has 1 aromatic carbocycles. The van der Waals surface area contributed by atoms with Crippen molar-refractivity contribution in [3.63, 3.8) is 0 Å². The van der Waals surface area contributed by atoms with Crippen LogP contribution in [0.4, 0.5) is 10.1 Å². The van der Waals surface area contributed by atoms with Crippen LogP contribution >= 0.6 is 24.8 Å². The van der Waals surface area contributed by atoms with Crippen molar-refractivity contribution in [3.8, 4) is 0 Å². The second kappa shape index (κ2) is 5.89. The fourth-order valence-electron chi connectivity index (χ4n) is 2.12. The first-order chi connectivity index (χ1) is 7.33. The van der Waals surface area contributed by atoms with Gasteiger partial charge < -0.3 is 10.6 Å². The van der Waals surface area contributed by atoms with Crippen molar-refractivity contribution in [3.05, 3.63) is 29.6 Å². The number of anilines is 1. The molecule has 1 aromatic rings. The Morgan fingerprint density at radius 1 is 1.29 bits per heavy atom. The van der Waals surface area contributed by atoms with Crippen molar-refractivity contribution in [1.29, 1.82) is 0 Å². The molecular formula is C12H17Cl2FN2. The minimum atomic E-state index is -0.143. The van der Waals surface area contributed by atoms with E-state index in [4.69, 9.17) is 0 Å². The lowest BCUT2D eigenvalue weighted by Crippen LogP contribution is -2.24. The van der Waals surface area contributed by atoms with Crippen molar-refractivity contribution in [2.45, 2.75) is 18.9 Å². The van der Waals surface area contributed by atoms with Gasteiger partial charge in [0.2, 0.25) is 0 Å². The Morgan fingerprint density at radius 2 is 2.06 bits per heavy atom. The Hall–Kier alpha value is -0.510. The second-order valence-electron chi connectivity index (χ2n) is 4.52. The zero-order chi connectivity index (χ0) is 10.3. The summed E-state index contributed by atoms with van der Waals surface area (Å²) < 4.78 is 13.1. The van der Waals surface area contributed by atoms with E-state index in [9.17, 15) is 4.39 Å². The van der Waals surface area contributed by atoms with Crippen molar-refractivity contribution in [1.82, 2.24) is 5.32 Å². The molecule has 3 rings (SSSR count). The van der Waals surface area contributed by atoms with Crippen LogP contribution in [-0.4, -0.2) is 13.1 Å². The van der Waals surface area contributed by atoms with E-state index in [1.54, 1.807) is 6.07 Å². The Labute approximate surface area is 113 Å². The molecule has 2 aliphatic rings. The quantitative estimate of drug-likeness (QED) is 0.888. The highest BCUT2D eigenvalue weighted by atomic mass is 35.5. The first-order valence-electron chi connectivity index (χ1n) is 5.59. The summed E-state index contributed by atoms with van der Waals surface area (Å²) in [5, 5.41) is 6.79. The summed E-state index contributed by atoms with van der Waals surface area (Å²) >= 11 is 0. The molecule has 1 heterocycles. The summed E-state index contributed by atoms with van der Waals surface area (Å²) in [4.78, 5) is 0. The third-order valence-corrected chi connectivity index (χ3v) is 3.24. The van der Waals surface area contributed by atoms with Crippen LogP contribution in [0.15, 0.2) is 18.2 Å². The highest BCUT2D eigenvalue weighted by molar-refractivity contribution is 5.85. The zero-order valence-electron chi connectivity index (χ0n) is 9.41. The molecule has 2 N–H and O–H groups in total. The van der Waals surface area contributed by atoms with E-state index in [2.05, 4.69) is 10.6 Å². The number of rotatable bonds is 3. The van der Waals surface area contributed by atoms with Crippen LogP contribution < -0.4 is 10.6 Å². The molecule has 1 aliphatic heterocycles. The second-order valence-corrected chi connectivity index (χ2v) is 4.52. The molecule has 0 aromatic heterocycles. The lowest BCUT2D eigenvalue weighted by molar-refractivity contribution is 0.543. The lowest BCUT2D eigenvalue weighted by atomic mass is 10.1. The SMILES string of the molecule is Cl.Cl.Fc1ccc2c(c1)C(NCC1CC1)CN2. The van der Waals surface area contributed by atoms with E-state index in [-0.39, 0.29) is 36.7 Å². The van der Waals surface area contributed by atoms with Crippen molar-refractivity contribution in [2.75, 3.05) is 18.4 Å². The number of hydrogen-bond acceptors (Lipinski definition) is 2. The van der Waals surface area contributed by atoms with Crippen molar-refractivity contribution >= 4 is 30.5 Å². The first-order valence-corrected chi connectivity index (χ1v) is 5.59. The monoisotopic (exact) mass is 278 g/mol. The molecule has 0 radical (unpaired) electrons. The normalized spacial score (nSPS) is 20.9. The van der Waals surface area contributed by atoms with E-state index in [1.165, 1.54) is 18.9 Å². The summed E-state index contributed by atoms with van der Waals surface area (Å²) in [5.74, 6) is 0.721. The van der Waals surface area contributed by atoms with Gasteiger partial charge in [-0.05, 0) is 49.1 Å². The minimum Gasteiger partial charge on any atom is -0.383 e. The van der Waals surface area contributed by atoms with Crippen LogP contribution in [-0.2, 0) is 0 Å². The molecule has 0 bridgehead atoms. The Morgan fingerprint density at radius 3 is 2.76 bits per heavy atom. The Balaban J connectivity index is 0.000000722. The van der Waals surface area contributed by atoms with Gasteiger partial charge in [-0.3, -0.25) is 0 Å². The topological polar surface area (TPSA) is 24.1 Å². The molecule has 0 amide bonds. The Bertz CT molecular complexity index is 383. The zero-order valence-corrected chi connectivity index (χ0v) is 11.0. The molecule has 0 spiro atoms. The maximum Gasteiger partial charge on any atom is 0.123 e. The third-order valence-electron chi connectivity index (χ3n) is 3.24. The predicted molar refractivity (Wildman–Crippen MR) is 72.9 cm³/mol. The fourth-order valence-corrected chi connectivity index (χ4v) is 2.12. The number of benzene rings is 1. The number of hydrogen-bond donors (Lipinski definition) is 2. The molecule has 1 aliphatic carbocycles. The molecular weight excluding hydrogens is 262 g/mol. The van der Waals surface area contributed by atoms with Gasteiger partial charge in [0.05, 0.1) is 6.04 Å². The van der Waals surface area contributed by atoms with Gasteiger partial charge in [-0.15, -0.1) is 24.8 Å². The van der Waals surface area contributed by atoms with Crippen LogP contribution in [0.5, 0.6) is 0 Å². The standard InChI is InChI=1S/C12H15FN2.2ClH/c13-9-3-4-11-10(5-9)12(7-15-11)14-6-8-1-2-8;;/h3-5,8,12,14-15H,1-2,6-7H2;2*1H. The summed E-state index contributed by atoms with van der Waals surface area (Å²) in [5.41, 5.74) is 2.15. The number of fused-ring (bicyclic) bond motifs is 1. The van der Waals surface area contributed by atoms with Gasteiger partial charge in [0.25, 0.3) is 0 Å². The van der Waals surface area contributed by atoms with Gasteiger partial charge >= 0.3 is 0 Å². The summed E-state index contributed by atoms with van der Waals surface area (Å²) in [6, 6.07) is 5.26. The lowest BCUT2D eigenvalue weighted by Gasteiger charge is -2.12. The highest BCUT2D eigenvalue weighted by Gasteiger charge is 2.26. The van der Waals surface area contributed by atoms with Gasteiger partial charge in [-0.1, -0.05) is 0 Å². The van der Waals surface area contributed by atoms with Gasteiger partial charge in [0.1, 0.15) is 5.82 Å². The molecule has 5 heteroatoms. The molecule has 0 saturated heterocycles. The maximum atomic E-state index is 13.1. The van der Waals surface area contributed by atoms with Crippen LogP contribution in [0.25, 0.3) is 0 Å². The highest BCUT2D eigenvalue weighted by Crippen LogP contribution is 2.32. The van der Waals surface area contributed by atoms with E-state index in [0.29, 0.717) is 0 Å². The van der Waals surface area contributed by atoms with Crippen LogP contribution in [0.2, 0.25) is 0 Å². The molecule has 2 nitrogen and oxygen atoms in total. The van der Waals surface area contributed by atoms with E-state index in [1.807, 2.05) is 6.07 Å². The summed E-state index contributed by atoms with van der Waals surface area (Å²) in [6.07, 6.45) is 2.70. The van der Waals surface area contributed by atoms with E-state index >= 15 is 0 Å². The van der Waals surface area contributed by atoms with Crippen LogP contribution in [0.3, 0.4) is 0 Å². The first kappa shape index (κ1) is 14.6. The molecule has 1 atom stereocenters. The predicted octanol–water partition coefficient (Wildman–Crippen LogP) is 3.14. The number of nitrogens with one attached hydrogen (secondary N) is 2. The van der Waals surface area contributed by atoms with Crippen molar-refractivity contribution in [2.24, 2.45) is 5.92 Å². The van der Waals surface area contributed by atoms with Gasteiger partial charge in [0.15, 0.2) is 0 Å². The average Bonchev–Trinajstić information content (AvgIpc) is 2.97. The van der Waals surface area contributed by atoms with Gasteiger partial charge in [-0.25, -0.2) is 4.39 Å². The Kier molecular flexibility index (Phi) is 5.04.